The van der Waals surface area contributed by atoms with Crippen molar-refractivity contribution in [3.05, 3.63) is 11.6 Å². The van der Waals surface area contributed by atoms with Gasteiger partial charge in [-0.1, -0.05) is 18.6 Å². The number of ketones is 1. The molecule has 2 aliphatic rings. The van der Waals surface area contributed by atoms with Crippen LogP contribution in [-0.2, 0) is 14.3 Å². The molecule has 0 aromatic carbocycles. The van der Waals surface area contributed by atoms with Crippen LogP contribution in [0.25, 0.3) is 0 Å². The Morgan fingerprint density at radius 2 is 2.12 bits per heavy atom. The van der Waals surface area contributed by atoms with E-state index in [9.17, 15) is 4.79 Å². The van der Waals surface area contributed by atoms with Crippen LogP contribution in [0.2, 0.25) is 0 Å². The molecule has 0 N–H and O–H groups in total. The van der Waals surface area contributed by atoms with Crippen molar-refractivity contribution in [2.75, 3.05) is 13.9 Å². The highest BCUT2D eigenvalue weighted by Gasteiger charge is 2.52. The lowest BCUT2D eigenvalue weighted by Crippen LogP contribution is -2.44. The van der Waals surface area contributed by atoms with Gasteiger partial charge in [0.05, 0.1) is 6.10 Å². The summed E-state index contributed by atoms with van der Waals surface area (Å²) in [7, 11) is 1.64. The molecule has 0 spiro atoms. The zero-order valence-electron chi connectivity index (χ0n) is 11.2. The molecule has 0 saturated heterocycles. The fourth-order valence-electron chi connectivity index (χ4n) is 3.39. The summed E-state index contributed by atoms with van der Waals surface area (Å²) >= 11 is 0. The number of ether oxygens (including phenoxy) is 2. The number of carbonyl (C=O) groups is 1. The predicted octanol–water partition coefficient (Wildman–Crippen LogP) is 2.70. The molecule has 0 heterocycles. The van der Waals surface area contributed by atoms with Crippen LogP contribution in [0, 0.1) is 10.8 Å². The first-order valence-corrected chi connectivity index (χ1v) is 6.28. The largest absolute Gasteiger partial charge is 0.359 e. The molecule has 1 saturated carbocycles. The third-order valence-electron chi connectivity index (χ3n) is 4.49. The second-order valence-corrected chi connectivity index (χ2v) is 5.88. The molecule has 1 fully saturated rings. The minimum Gasteiger partial charge on any atom is -0.359 e. The van der Waals surface area contributed by atoms with Gasteiger partial charge in [-0.2, -0.15) is 0 Å². The van der Waals surface area contributed by atoms with Crippen LogP contribution >= 0.6 is 0 Å². The number of fused-ring (bicyclic) bond motifs is 1. The summed E-state index contributed by atoms with van der Waals surface area (Å²) in [5.41, 5.74) is 0.955. The first kappa shape index (κ1) is 12.8. The van der Waals surface area contributed by atoms with Gasteiger partial charge in [0.2, 0.25) is 0 Å². The second kappa shape index (κ2) is 4.21. The predicted molar refractivity (Wildman–Crippen MR) is 65.6 cm³/mol. The Kier molecular flexibility index (Phi) is 3.17. The van der Waals surface area contributed by atoms with Crippen LogP contribution in [0.5, 0.6) is 0 Å². The number of hydrogen-bond donors (Lipinski definition) is 0. The average molecular weight is 238 g/mol. The van der Waals surface area contributed by atoms with E-state index in [2.05, 4.69) is 13.0 Å². The summed E-state index contributed by atoms with van der Waals surface area (Å²) in [5.74, 6) is 0.355. The molecule has 2 atom stereocenters. The fourth-order valence-corrected chi connectivity index (χ4v) is 3.39. The maximum atomic E-state index is 12.0. The van der Waals surface area contributed by atoms with E-state index >= 15 is 0 Å². The van der Waals surface area contributed by atoms with Crippen molar-refractivity contribution >= 4 is 5.78 Å². The van der Waals surface area contributed by atoms with Crippen molar-refractivity contribution in [3.63, 3.8) is 0 Å². The van der Waals surface area contributed by atoms with Crippen LogP contribution in [-0.4, -0.2) is 25.8 Å². The Morgan fingerprint density at radius 1 is 1.41 bits per heavy atom. The van der Waals surface area contributed by atoms with E-state index in [-0.39, 0.29) is 16.9 Å². The molecule has 0 radical (unpaired) electrons. The maximum absolute atomic E-state index is 12.0. The topological polar surface area (TPSA) is 35.5 Å². The van der Waals surface area contributed by atoms with Crippen molar-refractivity contribution in [1.82, 2.24) is 0 Å². The molecule has 17 heavy (non-hydrogen) atoms. The van der Waals surface area contributed by atoms with Gasteiger partial charge in [0.25, 0.3) is 0 Å². The highest BCUT2D eigenvalue weighted by atomic mass is 16.7. The lowest BCUT2D eigenvalue weighted by atomic mass is 9.60. The van der Waals surface area contributed by atoms with Crippen molar-refractivity contribution in [1.29, 1.82) is 0 Å². The Balaban J connectivity index is 2.23. The van der Waals surface area contributed by atoms with E-state index in [0.29, 0.717) is 19.0 Å². The van der Waals surface area contributed by atoms with Crippen molar-refractivity contribution in [2.45, 2.75) is 46.1 Å². The molecule has 2 aliphatic carbocycles. The maximum Gasteiger partial charge on any atom is 0.146 e. The first-order chi connectivity index (χ1) is 7.93. The highest BCUT2D eigenvalue weighted by molar-refractivity contribution is 5.89. The smallest absolute Gasteiger partial charge is 0.146 e. The summed E-state index contributed by atoms with van der Waals surface area (Å²) in [6.45, 7) is 6.63. The molecular formula is C14H22O3. The normalized spacial score (nSPS) is 35.6. The van der Waals surface area contributed by atoms with E-state index in [1.165, 1.54) is 5.57 Å². The van der Waals surface area contributed by atoms with Gasteiger partial charge >= 0.3 is 0 Å². The molecule has 96 valence electrons. The molecule has 2 rings (SSSR count). The average Bonchev–Trinajstić information content (AvgIpc) is 2.61. The van der Waals surface area contributed by atoms with Crippen molar-refractivity contribution in [2.24, 2.45) is 10.8 Å². The number of Topliss-reactive ketones (excluding diaryl/α,β-unsaturated/α-hetero) is 1. The summed E-state index contributed by atoms with van der Waals surface area (Å²) in [6, 6.07) is 0. The van der Waals surface area contributed by atoms with Gasteiger partial charge < -0.3 is 9.47 Å². The highest BCUT2D eigenvalue weighted by Crippen LogP contribution is 2.55. The van der Waals surface area contributed by atoms with Crippen molar-refractivity contribution < 1.29 is 14.3 Å². The van der Waals surface area contributed by atoms with E-state index < -0.39 is 0 Å². The van der Waals surface area contributed by atoms with Crippen LogP contribution < -0.4 is 0 Å². The van der Waals surface area contributed by atoms with Crippen molar-refractivity contribution in [3.8, 4) is 0 Å². The van der Waals surface area contributed by atoms with E-state index in [1.54, 1.807) is 7.11 Å². The number of rotatable bonds is 3. The molecule has 0 aromatic heterocycles. The molecule has 3 heteroatoms. The monoisotopic (exact) mass is 238 g/mol. The van der Waals surface area contributed by atoms with Crippen LogP contribution in [0.1, 0.15) is 40.0 Å². The van der Waals surface area contributed by atoms with Gasteiger partial charge in [-0.15, -0.1) is 0 Å². The summed E-state index contributed by atoms with van der Waals surface area (Å²) < 4.78 is 10.8. The first-order valence-electron chi connectivity index (χ1n) is 6.28. The Morgan fingerprint density at radius 3 is 2.76 bits per heavy atom. The standard InChI is InChI=1S/C14H22O3/c1-13(2)10-5-6-12(17-9-16-4)14(10,3)8-7-11(13)15/h5,12H,6-9H2,1-4H3/t12-,14-/m0/s1. The second-order valence-electron chi connectivity index (χ2n) is 5.88. The minimum atomic E-state index is -0.321. The number of methoxy groups -OCH3 is 1. The number of carbonyl (C=O) groups excluding carboxylic acids is 1. The SMILES string of the molecule is COCO[C@H]1CC=C2C(C)(C)C(=O)CC[C@@]21C. The van der Waals surface area contributed by atoms with Gasteiger partial charge in [-0.05, 0) is 26.7 Å². The zero-order valence-corrected chi connectivity index (χ0v) is 11.2. The summed E-state index contributed by atoms with van der Waals surface area (Å²) in [4.78, 5) is 12.0. The van der Waals surface area contributed by atoms with Gasteiger partial charge in [0.1, 0.15) is 12.6 Å². The Hall–Kier alpha value is -0.670. The minimum absolute atomic E-state index is 0.00986. The quantitative estimate of drug-likeness (QED) is 0.560. The third kappa shape index (κ3) is 1.85. The van der Waals surface area contributed by atoms with E-state index in [1.807, 2.05) is 13.8 Å². The lowest BCUT2D eigenvalue weighted by molar-refractivity contribution is -0.134. The lowest BCUT2D eigenvalue weighted by Gasteiger charge is -2.45. The zero-order chi connectivity index (χ0) is 12.7. The van der Waals surface area contributed by atoms with Gasteiger partial charge in [0, 0.05) is 24.4 Å². The van der Waals surface area contributed by atoms with Gasteiger partial charge in [0.15, 0.2) is 0 Å². The van der Waals surface area contributed by atoms with Crippen LogP contribution in [0.15, 0.2) is 11.6 Å². The molecule has 0 aromatic rings. The summed E-state index contributed by atoms with van der Waals surface area (Å²) in [5, 5.41) is 0. The van der Waals surface area contributed by atoms with Gasteiger partial charge in [-0.3, -0.25) is 4.79 Å². The van der Waals surface area contributed by atoms with E-state index in [4.69, 9.17) is 9.47 Å². The third-order valence-corrected chi connectivity index (χ3v) is 4.49. The van der Waals surface area contributed by atoms with E-state index in [0.717, 1.165) is 12.8 Å². The van der Waals surface area contributed by atoms with Crippen LogP contribution in [0.3, 0.4) is 0 Å². The van der Waals surface area contributed by atoms with Gasteiger partial charge in [-0.25, -0.2) is 0 Å². The summed E-state index contributed by atoms with van der Waals surface area (Å²) in [6.07, 6.45) is 4.82. The fraction of sp³-hybridized carbons (Fsp3) is 0.786. The molecule has 0 amide bonds. The van der Waals surface area contributed by atoms with Crippen LogP contribution in [0.4, 0.5) is 0 Å². The molecule has 0 bridgehead atoms. The molecule has 0 unspecified atom stereocenters. The number of hydrogen-bond acceptors (Lipinski definition) is 3. The molecular weight excluding hydrogens is 216 g/mol. The Bertz CT molecular complexity index is 356. The Labute approximate surface area is 103 Å². The molecule has 0 aliphatic heterocycles. The molecule has 3 nitrogen and oxygen atoms in total.